The Kier molecular flexibility index (Phi) is 5.45. The Hall–Kier alpha value is -0.230. The van der Waals surface area contributed by atoms with E-state index in [9.17, 15) is 13.6 Å². The molecule has 1 amide bonds. The lowest BCUT2D eigenvalue weighted by atomic mass is 9.93. The number of amides is 1. The number of hydrogen-bond acceptors (Lipinski definition) is 2. The number of hydrogen-bond donors (Lipinski definition) is 1. The molecule has 88 valence electrons. The molecule has 0 bridgehead atoms. The van der Waals surface area contributed by atoms with Crippen molar-refractivity contribution in [3.8, 4) is 0 Å². The Balaban J connectivity index is 2.20. The summed E-state index contributed by atoms with van der Waals surface area (Å²) in [6.07, 6.45) is 2.21. The van der Waals surface area contributed by atoms with Gasteiger partial charge < -0.3 is 10.1 Å². The molecule has 0 aromatic carbocycles. The molecule has 1 aliphatic carbocycles. The van der Waals surface area contributed by atoms with E-state index in [2.05, 4.69) is 26.0 Å². The van der Waals surface area contributed by atoms with Gasteiger partial charge in [-0.3, -0.25) is 4.79 Å². The van der Waals surface area contributed by atoms with E-state index >= 15 is 0 Å². The Morgan fingerprint density at radius 3 is 2.47 bits per heavy atom. The van der Waals surface area contributed by atoms with Crippen molar-refractivity contribution >= 4 is 21.8 Å². The molecular formula is C9H14BrF2NO2. The van der Waals surface area contributed by atoms with Crippen LogP contribution in [0.4, 0.5) is 8.78 Å². The van der Waals surface area contributed by atoms with Gasteiger partial charge in [0, 0.05) is 6.04 Å². The van der Waals surface area contributed by atoms with E-state index in [-0.39, 0.29) is 23.4 Å². The monoisotopic (exact) mass is 285 g/mol. The Morgan fingerprint density at radius 1 is 1.40 bits per heavy atom. The summed E-state index contributed by atoms with van der Waals surface area (Å²) in [6.45, 7) is -2.69. The zero-order chi connectivity index (χ0) is 11.3. The maximum Gasteiger partial charge on any atom is 0.345 e. The van der Waals surface area contributed by atoms with Crippen LogP contribution in [-0.4, -0.2) is 30.0 Å². The number of halogens is 3. The predicted molar refractivity (Wildman–Crippen MR) is 55.1 cm³/mol. The summed E-state index contributed by atoms with van der Waals surface area (Å²) < 4.78 is 28.2. The van der Waals surface area contributed by atoms with Gasteiger partial charge in [0.25, 0.3) is 0 Å². The fourth-order valence-corrected chi connectivity index (χ4v) is 1.92. The molecule has 1 rings (SSSR count). The van der Waals surface area contributed by atoms with Gasteiger partial charge in [0.15, 0.2) is 0 Å². The lowest BCUT2D eigenvalue weighted by Crippen LogP contribution is -2.39. The van der Waals surface area contributed by atoms with E-state index in [1.165, 1.54) is 0 Å². The second kappa shape index (κ2) is 6.37. The number of ether oxygens (including phenoxy) is 1. The van der Waals surface area contributed by atoms with E-state index in [1.54, 1.807) is 0 Å². The number of carbonyl (C=O) groups is 1. The molecule has 0 aromatic heterocycles. The Bertz CT molecular complexity index is 208. The van der Waals surface area contributed by atoms with Crippen LogP contribution in [-0.2, 0) is 9.53 Å². The first kappa shape index (κ1) is 12.8. The maximum absolute atomic E-state index is 11.9. The molecule has 0 aliphatic heterocycles. The fraction of sp³-hybridized carbons (Fsp3) is 0.889. The summed E-state index contributed by atoms with van der Waals surface area (Å²) in [5.41, 5.74) is 0. The molecule has 0 heterocycles. The highest BCUT2D eigenvalue weighted by atomic mass is 79.9. The molecule has 1 aliphatic rings. The fourth-order valence-electron chi connectivity index (χ4n) is 1.75. The van der Waals surface area contributed by atoms with Gasteiger partial charge in [0.05, 0.1) is 11.4 Å². The van der Waals surface area contributed by atoms with Gasteiger partial charge in [-0.1, -0.05) is 15.9 Å². The van der Waals surface area contributed by atoms with Crippen molar-refractivity contribution < 1.29 is 18.3 Å². The lowest BCUT2D eigenvalue weighted by Gasteiger charge is -2.28. The highest BCUT2D eigenvalue weighted by molar-refractivity contribution is 9.09. The van der Waals surface area contributed by atoms with E-state index in [0.29, 0.717) is 25.7 Å². The summed E-state index contributed by atoms with van der Waals surface area (Å²) in [4.78, 5) is 11.0. The van der Waals surface area contributed by atoms with Crippen LogP contribution in [0.2, 0.25) is 0 Å². The Morgan fingerprint density at radius 2 is 2.00 bits per heavy atom. The van der Waals surface area contributed by atoms with Crippen LogP contribution in [0, 0.1) is 0 Å². The maximum atomic E-state index is 11.9. The second-order valence-electron chi connectivity index (χ2n) is 3.57. The summed E-state index contributed by atoms with van der Waals surface area (Å²) in [6, 6.07) is 0.104. The highest BCUT2D eigenvalue weighted by Crippen LogP contribution is 2.22. The summed E-state index contributed by atoms with van der Waals surface area (Å²) in [5.74, 6) is -0.0618. The first-order valence-electron chi connectivity index (χ1n) is 4.90. The van der Waals surface area contributed by atoms with Crippen LogP contribution < -0.4 is 5.32 Å². The SMILES string of the molecule is O=C(CBr)NC1CCC(OC(F)F)CC1. The van der Waals surface area contributed by atoms with Gasteiger partial charge in [0.2, 0.25) is 5.91 Å². The van der Waals surface area contributed by atoms with Crippen LogP contribution in [0.15, 0.2) is 0 Å². The normalized spacial score (nSPS) is 26.7. The van der Waals surface area contributed by atoms with E-state index in [4.69, 9.17) is 0 Å². The largest absolute Gasteiger partial charge is 0.353 e. The van der Waals surface area contributed by atoms with Crippen molar-refractivity contribution in [2.75, 3.05) is 5.33 Å². The molecule has 1 N–H and O–H groups in total. The first-order chi connectivity index (χ1) is 7.11. The molecule has 0 atom stereocenters. The third-order valence-corrected chi connectivity index (χ3v) is 2.97. The van der Waals surface area contributed by atoms with Crippen molar-refractivity contribution in [2.24, 2.45) is 0 Å². The van der Waals surface area contributed by atoms with Crippen LogP contribution >= 0.6 is 15.9 Å². The third-order valence-electron chi connectivity index (χ3n) is 2.46. The smallest absolute Gasteiger partial charge is 0.345 e. The standard InChI is InChI=1S/C9H14BrF2NO2/c10-5-8(14)13-6-1-3-7(4-2-6)15-9(11)12/h6-7,9H,1-5H2,(H,13,14). The Labute approximate surface area is 95.7 Å². The number of nitrogens with one attached hydrogen (secondary N) is 1. The van der Waals surface area contributed by atoms with Gasteiger partial charge in [-0.2, -0.15) is 8.78 Å². The summed E-state index contributed by atoms with van der Waals surface area (Å²) in [5, 5.41) is 3.09. The molecule has 0 radical (unpaired) electrons. The summed E-state index contributed by atoms with van der Waals surface area (Å²) >= 11 is 3.05. The van der Waals surface area contributed by atoms with Crippen molar-refractivity contribution in [3.63, 3.8) is 0 Å². The molecule has 0 saturated heterocycles. The van der Waals surface area contributed by atoms with E-state index in [0.717, 1.165) is 0 Å². The van der Waals surface area contributed by atoms with Crippen molar-refractivity contribution in [2.45, 2.75) is 44.4 Å². The van der Waals surface area contributed by atoms with Gasteiger partial charge in [0.1, 0.15) is 0 Å². The third kappa shape index (κ3) is 4.88. The van der Waals surface area contributed by atoms with Crippen LogP contribution in [0.5, 0.6) is 0 Å². The molecule has 3 nitrogen and oxygen atoms in total. The lowest BCUT2D eigenvalue weighted by molar-refractivity contribution is -0.170. The van der Waals surface area contributed by atoms with E-state index < -0.39 is 6.61 Å². The molecule has 0 aromatic rings. The molecule has 6 heteroatoms. The first-order valence-corrected chi connectivity index (χ1v) is 6.03. The van der Waals surface area contributed by atoms with E-state index in [1.807, 2.05) is 0 Å². The predicted octanol–water partition coefficient (Wildman–Crippen LogP) is 2.05. The quantitative estimate of drug-likeness (QED) is 0.803. The minimum atomic E-state index is -2.69. The van der Waals surface area contributed by atoms with Crippen LogP contribution in [0.25, 0.3) is 0 Å². The van der Waals surface area contributed by atoms with Crippen molar-refractivity contribution in [3.05, 3.63) is 0 Å². The van der Waals surface area contributed by atoms with Crippen LogP contribution in [0.1, 0.15) is 25.7 Å². The van der Waals surface area contributed by atoms with Crippen molar-refractivity contribution in [1.82, 2.24) is 5.32 Å². The van der Waals surface area contributed by atoms with Crippen LogP contribution in [0.3, 0.4) is 0 Å². The topological polar surface area (TPSA) is 38.3 Å². The van der Waals surface area contributed by atoms with Gasteiger partial charge in [-0.05, 0) is 25.7 Å². The molecular weight excluding hydrogens is 272 g/mol. The zero-order valence-electron chi connectivity index (χ0n) is 8.22. The minimum Gasteiger partial charge on any atom is -0.353 e. The average molecular weight is 286 g/mol. The second-order valence-corrected chi connectivity index (χ2v) is 4.13. The molecule has 15 heavy (non-hydrogen) atoms. The van der Waals surface area contributed by atoms with Gasteiger partial charge in [-0.15, -0.1) is 0 Å². The molecule has 0 unspecified atom stereocenters. The zero-order valence-corrected chi connectivity index (χ0v) is 9.80. The highest BCUT2D eigenvalue weighted by Gasteiger charge is 2.24. The molecule has 0 spiro atoms. The van der Waals surface area contributed by atoms with Gasteiger partial charge in [-0.25, -0.2) is 0 Å². The number of rotatable bonds is 4. The number of alkyl halides is 3. The molecule has 1 fully saturated rings. The summed E-state index contributed by atoms with van der Waals surface area (Å²) in [7, 11) is 0. The van der Waals surface area contributed by atoms with Gasteiger partial charge >= 0.3 is 6.61 Å². The molecule has 1 saturated carbocycles. The average Bonchev–Trinajstić information content (AvgIpc) is 2.20. The van der Waals surface area contributed by atoms with Crippen molar-refractivity contribution in [1.29, 1.82) is 0 Å². The minimum absolute atomic E-state index is 0.0618. The number of carbonyl (C=O) groups excluding carboxylic acids is 1.